The van der Waals surface area contributed by atoms with Crippen molar-refractivity contribution in [2.75, 3.05) is 35.5 Å². The summed E-state index contributed by atoms with van der Waals surface area (Å²) < 4.78 is 119. The number of nitrogens with two attached hydrogens (primary N) is 1. The number of esters is 2. The summed E-state index contributed by atoms with van der Waals surface area (Å²) in [5.41, 5.74) is 10.5. The van der Waals surface area contributed by atoms with E-state index in [1.54, 1.807) is 84.4 Å². The molecule has 0 radical (unpaired) electrons. The van der Waals surface area contributed by atoms with E-state index in [1.165, 1.54) is 28.3 Å². The van der Waals surface area contributed by atoms with Crippen molar-refractivity contribution in [3.05, 3.63) is 116 Å². The maximum absolute atomic E-state index is 13.3. The molecule has 37 heteroatoms. The van der Waals surface area contributed by atoms with Gasteiger partial charge in [-0.2, -0.15) is 30.2 Å². The minimum absolute atomic E-state index is 0.0162. The lowest BCUT2D eigenvalue weighted by atomic mass is 9.92. The van der Waals surface area contributed by atoms with E-state index in [0.29, 0.717) is 120 Å². The molecule has 558 valence electrons. The number of aryl methyl sites for hydroxylation is 7. The molecule has 0 aromatic carbocycles. The Hall–Kier alpha value is -9.54. The van der Waals surface area contributed by atoms with E-state index in [2.05, 4.69) is 81.2 Å². The number of hydrogen-bond donors (Lipinski definition) is 7. The van der Waals surface area contributed by atoms with Crippen molar-refractivity contribution < 1.29 is 68.9 Å². The van der Waals surface area contributed by atoms with Crippen molar-refractivity contribution in [3.63, 3.8) is 0 Å². The molecule has 0 atom stereocenters. The normalized spacial score (nSPS) is 17.3. The third-order valence-corrected chi connectivity index (χ3v) is 17.1. The van der Waals surface area contributed by atoms with Gasteiger partial charge in [-0.15, -0.1) is 0 Å². The molecule has 7 aromatic heterocycles. The summed E-state index contributed by atoms with van der Waals surface area (Å²) in [6.07, 6.45) is 8.11. The summed E-state index contributed by atoms with van der Waals surface area (Å²) in [4.78, 5) is 78.8. The lowest BCUT2D eigenvalue weighted by Gasteiger charge is -2.29. The van der Waals surface area contributed by atoms with Gasteiger partial charge in [0.2, 0.25) is 29.0 Å². The number of alkyl halides is 8. The van der Waals surface area contributed by atoms with Gasteiger partial charge in [-0.1, -0.05) is 0 Å². The topological polar surface area (TPSA) is 362 Å². The summed E-state index contributed by atoms with van der Waals surface area (Å²) >= 11 is 11.2. The van der Waals surface area contributed by atoms with Crippen molar-refractivity contribution in [2.24, 2.45) is 5.73 Å². The maximum atomic E-state index is 13.3. The fraction of sp³-hybridized carbons (Fsp3) is 0.515. The number of carbonyl (C=O) groups excluding carboxylic acids is 3. The first-order chi connectivity index (χ1) is 48.3. The van der Waals surface area contributed by atoms with Gasteiger partial charge in [-0.3, -0.25) is 4.79 Å². The van der Waals surface area contributed by atoms with Gasteiger partial charge in [-0.25, -0.2) is 88.5 Å². The number of hydrogen-bond acceptors (Lipinski definition) is 23. The summed E-state index contributed by atoms with van der Waals surface area (Å²) in [5.74, 6) is -9.42. The molecule has 0 spiro atoms. The van der Waals surface area contributed by atoms with Gasteiger partial charge < -0.3 is 47.0 Å². The lowest BCUT2D eigenvalue weighted by Crippen LogP contribution is -2.32. The average Bonchev–Trinajstić information content (AvgIpc) is 1.73. The lowest BCUT2D eigenvalue weighted by molar-refractivity contribution is -0.136. The molecule has 4 aliphatic rings. The van der Waals surface area contributed by atoms with Crippen molar-refractivity contribution in [3.8, 4) is 17.8 Å². The van der Waals surface area contributed by atoms with Gasteiger partial charge in [0, 0.05) is 159 Å². The van der Waals surface area contributed by atoms with Crippen molar-refractivity contribution >= 4 is 75.8 Å². The second-order valence-corrected chi connectivity index (χ2v) is 26.1. The Morgan fingerprint density at radius 3 is 1.07 bits per heavy atom. The fourth-order valence-corrected chi connectivity index (χ4v) is 11.5. The summed E-state index contributed by atoms with van der Waals surface area (Å²) in [6.45, 7) is 13.9. The first-order valence-corrected chi connectivity index (χ1v) is 33.5. The second-order valence-electron chi connectivity index (χ2n) is 25.5. The number of nitrogens with one attached hydrogen (secondary N) is 5. The van der Waals surface area contributed by atoms with Crippen LogP contribution >= 0.6 is 23.2 Å². The van der Waals surface area contributed by atoms with E-state index in [0.717, 1.165) is 11.9 Å². The largest absolute Gasteiger partial charge is 0.476 e. The number of carbonyl (C=O) groups is 4. The Morgan fingerprint density at radius 1 is 0.505 bits per heavy atom. The van der Waals surface area contributed by atoms with Crippen LogP contribution in [0.5, 0.6) is 0 Å². The highest BCUT2D eigenvalue weighted by molar-refractivity contribution is 6.67. The number of carboxylic acids is 1. The van der Waals surface area contributed by atoms with Crippen molar-refractivity contribution in [1.29, 1.82) is 5.41 Å². The third-order valence-electron chi connectivity index (χ3n) is 16.8. The van der Waals surface area contributed by atoms with Crippen LogP contribution < -0.4 is 27.0 Å². The molecule has 4 fully saturated rings. The minimum atomic E-state index is -2.58. The van der Waals surface area contributed by atoms with E-state index in [4.69, 9.17) is 44.2 Å². The van der Waals surface area contributed by atoms with Crippen LogP contribution in [-0.2, 0) is 14.3 Å². The molecular weight excluding hydrogens is 1410 g/mol. The summed E-state index contributed by atoms with van der Waals surface area (Å²) in [5, 5.41) is 40.4. The molecule has 4 saturated carbocycles. The number of halogens is 10. The number of methoxy groups -OCH3 is 2. The van der Waals surface area contributed by atoms with Crippen LogP contribution in [0.3, 0.4) is 0 Å². The quantitative estimate of drug-likeness (QED) is 0.0118. The SMILES string of the molecule is COC(=O)C(N)=C(C)C=N.COC(=O)c1nn(-c2nc(C)cc(NC3CCC(F)(F)CC3)n2)cc1C.Cc1cc(NC2CCC(F)(F)CC2)nc(-n2cc(C)c(C(=O)Cl)n2)n1.Cc1cc(NC2CCC(F)(F)CC2)nc(-n2cc(C)c(C(=O)O)n2)n1.Cc1cc(NC2CCC(F)(F)CC2)nc(Cl)n1. The summed E-state index contributed by atoms with van der Waals surface area (Å²) in [7, 11) is 2.53. The Morgan fingerprint density at radius 2 is 0.796 bits per heavy atom. The molecule has 0 amide bonds. The zero-order valence-corrected chi connectivity index (χ0v) is 59.8. The number of anilines is 4. The number of rotatable bonds is 16. The van der Waals surface area contributed by atoms with E-state index in [-0.39, 0.29) is 115 Å². The molecular formula is C66H82Cl2F8N20O7. The molecule has 27 nitrogen and oxygen atoms in total. The maximum Gasteiger partial charge on any atom is 0.358 e. The van der Waals surface area contributed by atoms with E-state index < -0.39 is 46.8 Å². The Balaban J connectivity index is 0.000000186. The molecule has 7 aromatic rings. The molecule has 103 heavy (non-hydrogen) atoms. The molecule has 4 aliphatic carbocycles. The van der Waals surface area contributed by atoms with Crippen LogP contribution in [0.4, 0.5) is 58.4 Å². The van der Waals surface area contributed by atoms with Crippen LogP contribution in [0.15, 0.2) is 54.1 Å². The Labute approximate surface area is 597 Å². The Bertz CT molecular complexity index is 4000. The molecule has 0 unspecified atom stereocenters. The van der Waals surface area contributed by atoms with Crippen LogP contribution in [0.2, 0.25) is 5.28 Å². The van der Waals surface area contributed by atoms with Gasteiger partial charge >= 0.3 is 17.9 Å². The highest BCUT2D eigenvalue weighted by atomic mass is 35.5. The van der Waals surface area contributed by atoms with Gasteiger partial charge in [0.25, 0.3) is 23.1 Å². The highest BCUT2D eigenvalue weighted by Crippen LogP contribution is 2.38. The third kappa shape index (κ3) is 24.3. The molecule has 7 heterocycles. The molecule has 11 rings (SSSR count). The monoisotopic (exact) mass is 1490 g/mol. The summed E-state index contributed by atoms with van der Waals surface area (Å²) in [6, 6.07) is 6.86. The van der Waals surface area contributed by atoms with Gasteiger partial charge in [0.05, 0.1) is 14.2 Å². The number of nitrogens with zero attached hydrogens (tertiary/aromatic N) is 14. The standard InChI is InChI=1S/C17H21F2N5O2.C16H18ClF2N5O.C16H19F2N5O2.C11H14ClF2N3.C6H10N2O2/c1-10-9-24(23-14(10)15(25)26-3)16-20-11(2)8-13(22-16)21-12-4-6-17(18,19)7-5-12;1-9-8-24(23-13(9)14(17)25)15-20-10(2)7-12(22-15)21-11-3-5-16(18,19)6-4-11;1-9-8-23(22-13(9)14(24)25)15-19-10(2)7-12(21-15)20-11-3-5-16(17,18)6-4-11;1-7-6-9(17-10(12)15-7)16-8-2-4-11(13,14)5-3-8;1-4(3-7)5(8)6(9)10-2/h8-9,12H,4-7H2,1-3H3,(H,20,21,22);7-8,11H,3-6H2,1-2H3,(H,20,21,22);7-8,11H,3-6H2,1-2H3,(H,24,25)(H,19,20,21);6,8H,2-5H2,1H3,(H,15,16,17);3,7H,8H2,1-2H3. The number of allylic oxidation sites excluding steroid dienone is 1. The molecule has 8 N–H and O–H groups in total. The highest BCUT2D eigenvalue weighted by Gasteiger charge is 2.38. The minimum Gasteiger partial charge on any atom is -0.476 e. The average molecular weight is 1490 g/mol. The number of aromatic nitrogens is 14. The van der Waals surface area contributed by atoms with Crippen molar-refractivity contribution in [2.45, 2.75) is 206 Å². The first-order valence-electron chi connectivity index (χ1n) is 32.7. The predicted molar refractivity (Wildman–Crippen MR) is 367 cm³/mol. The van der Waals surface area contributed by atoms with Crippen molar-refractivity contribution in [1.82, 2.24) is 69.2 Å². The van der Waals surface area contributed by atoms with Crippen LogP contribution in [0, 0.1) is 53.9 Å². The molecule has 0 saturated heterocycles. The number of carboxylic acid groups (broad SMARTS) is 1. The second kappa shape index (κ2) is 35.1. The van der Waals surface area contributed by atoms with Gasteiger partial charge in [0.15, 0.2) is 11.4 Å². The van der Waals surface area contributed by atoms with E-state index in [9.17, 15) is 54.3 Å². The van der Waals surface area contributed by atoms with Gasteiger partial charge in [0.1, 0.15) is 34.7 Å². The van der Waals surface area contributed by atoms with E-state index >= 15 is 0 Å². The number of aromatic carboxylic acids is 1. The van der Waals surface area contributed by atoms with E-state index in [1.807, 2.05) is 13.8 Å². The van der Waals surface area contributed by atoms with Gasteiger partial charge in [-0.05, 0) is 141 Å². The first kappa shape index (κ1) is 80.8. The number of ether oxygens (including phenoxy) is 2. The Kier molecular flexibility index (Phi) is 27.5. The zero-order valence-electron chi connectivity index (χ0n) is 58.3. The smallest absolute Gasteiger partial charge is 0.358 e. The molecule has 0 aliphatic heterocycles. The predicted octanol–water partition coefficient (Wildman–Crippen LogP) is 13.1. The zero-order chi connectivity index (χ0) is 75.9. The van der Waals surface area contributed by atoms with Crippen LogP contribution in [0.1, 0.15) is 181 Å². The van der Waals surface area contributed by atoms with Crippen LogP contribution in [-0.4, -0.2) is 166 Å². The van der Waals surface area contributed by atoms with Crippen LogP contribution in [0.25, 0.3) is 17.8 Å². The molecule has 0 bridgehead atoms. The fourth-order valence-electron chi connectivity index (χ4n) is 11.1.